The van der Waals surface area contributed by atoms with Gasteiger partial charge in [-0.25, -0.2) is 0 Å². The normalized spacial score (nSPS) is 15.0. The Hall–Kier alpha value is -3.08. The number of β-lactam (4-membered cyclic amide) rings is 1. The zero-order chi connectivity index (χ0) is 18.3. The van der Waals surface area contributed by atoms with Crippen molar-refractivity contribution in [3.8, 4) is 0 Å². The van der Waals surface area contributed by atoms with Crippen LogP contribution in [0.5, 0.6) is 0 Å². The summed E-state index contributed by atoms with van der Waals surface area (Å²) in [6.45, 7) is 4.54. The van der Waals surface area contributed by atoms with Crippen LogP contribution in [0.1, 0.15) is 29.2 Å². The fourth-order valence-electron chi connectivity index (χ4n) is 3.58. The number of aromatic nitrogens is 1. The van der Waals surface area contributed by atoms with Crippen molar-refractivity contribution in [1.82, 2.24) is 9.88 Å². The molecule has 2 heterocycles. The molecule has 1 aliphatic heterocycles. The van der Waals surface area contributed by atoms with Crippen LogP contribution in [-0.2, 0) is 9.59 Å². The second-order valence-corrected chi connectivity index (χ2v) is 6.79. The van der Waals surface area contributed by atoms with Crippen LogP contribution in [0.4, 0.5) is 5.69 Å². The summed E-state index contributed by atoms with van der Waals surface area (Å²) in [6.07, 6.45) is 2.33. The van der Waals surface area contributed by atoms with Crippen molar-refractivity contribution in [2.45, 2.75) is 26.3 Å². The summed E-state index contributed by atoms with van der Waals surface area (Å²) < 4.78 is 0. The standard InChI is InChI=1S/C21H21N3O2/c1-13-6-5-7-14(2)19(13)23-21(26)20(24-11-10-18(24)25)16-12-22-17-9-4-3-8-15(16)17/h3-9,12,20,22H,10-11H2,1-2H3,(H,23,26)/t20-/m1/s1. The highest BCUT2D eigenvalue weighted by atomic mass is 16.2. The van der Waals surface area contributed by atoms with E-state index in [1.54, 1.807) is 4.90 Å². The van der Waals surface area contributed by atoms with Gasteiger partial charge >= 0.3 is 0 Å². The molecule has 5 heteroatoms. The summed E-state index contributed by atoms with van der Waals surface area (Å²) in [5, 5.41) is 4.02. The molecule has 0 radical (unpaired) electrons. The van der Waals surface area contributed by atoms with Crippen LogP contribution in [0.15, 0.2) is 48.7 Å². The second-order valence-electron chi connectivity index (χ2n) is 6.79. The third kappa shape index (κ3) is 2.65. The maximum Gasteiger partial charge on any atom is 0.251 e. The molecule has 2 aromatic carbocycles. The number of fused-ring (bicyclic) bond motifs is 1. The molecule has 1 aliphatic rings. The average molecular weight is 347 g/mol. The molecule has 3 aromatic rings. The highest BCUT2D eigenvalue weighted by Crippen LogP contribution is 2.33. The van der Waals surface area contributed by atoms with E-state index >= 15 is 0 Å². The van der Waals surface area contributed by atoms with Gasteiger partial charge in [0, 0.05) is 41.3 Å². The zero-order valence-electron chi connectivity index (χ0n) is 14.9. The summed E-state index contributed by atoms with van der Waals surface area (Å²) in [5.74, 6) is -0.169. The minimum absolute atomic E-state index is 0.0111. The van der Waals surface area contributed by atoms with Crippen LogP contribution in [0, 0.1) is 13.8 Å². The second kappa shape index (κ2) is 6.33. The minimum atomic E-state index is -0.633. The third-order valence-corrected chi connectivity index (χ3v) is 5.09. The Bertz CT molecular complexity index is 985. The maximum atomic E-state index is 13.2. The summed E-state index contributed by atoms with van der Waals surface area (Å²) in [7, 11) is 0. The first-order valence-corrected chi connectivity index (χ1v) is 8.79. The summed E-state index contributed by atoms with van der Waals surface area (Å²) in [6, 6.07) is 13.1. The molecule has 1 saturated heterocycles. The van der Waals surface area contributed by atoms with Gasteiger partial charge in [-0.1, -0.05) is 36.4 Å². The Balaban J connectivity index is 1.74. The number of likely N-dealkylation sites (tertiary alicyclic amines) is 1. The number of nitrogens with zero attached hydrogens (tertiary/aromatic N) is 1. The number of benzene rings is 2. The van der Waals surface area contributed by atoms with Crippen LogP contribution >= 0.6 is 0 Å². The number of carbonyl (C=O) groups excluding carboxylic acids is 2. The van der Waals surface area contributed by atoms with Gasteiger partial charge in [-0.05, 0) is 31.0 Å². The molecule has 0 saturated carbocycles. The maximum absolute atomic E-state index is 13.2. The van der Waals surface area contributed by atoms with Gasteiger partial charge in [-0.15, -0.1) is 0 Å². The Morgan fingerprint density at radius 2 is 1.85 bits per heavy atom. The molecule has 1 atom stereocenters. The fraction of sp³-hybridized carbons (Fsp3) is 0.238. The molecule has 0 bridgehead atoms. The first-order valence-electron chi connectivity index (χ1n) is 8.79. The van der Waals surface area contributed by atoms with Gasteiger partial charge in [-0.3, -0.25) is 9.59 Å². The summed E-state index contributed by atoms with van der Waals surface area (Å²) >= 11 is 0. The Kier molecular flexibility index (Phi) is 3.99. The minimum Gasteiger partial charge on any atom is -0.361 e. The Morgan fingerprint density at radius 1 is 1.12 bits per heavy atom. The molecule has 26 heavy (non-hydrogen) atoms. The van der Waals surface area contributed by atoms with E-state index < -0.39 is 6.04 Å². The largest absolute Gasteiger partial charge is 0.361 e. The van der Waals surface area contributed by atoms with Gasteiger partial charge in [0.05, 0.1) is 0 Å². The quantitative estimate of drug-likeness (QED) is 0.707. The zero-order valence-corrected chi connectivity index (χ0v) is 14.9. The average Bonchev–Trinajstić information content (AvgIpc) is 3.05. The van der Waals surface area contributed by atoms with E-state index in [1.807, 2.05) is 62.5 Å². The van der Waals surface area contributed by atoms with Crippen LogP contribution in [-0.4, -0.2) is 28.2 Å². The molecule has 0 spiro atoms. The van der Waals surface area contributed by atoms with E-state index in [0.29, 0.717) is 13.0 Å². The Morgan fingerprint density at radius 3 is 2.50 bits per heavy atom. The van der Waals surface area contributed by atoms with E-state index in [0.717, 1.165) is 33.3 Å². The Labute approximate surface area is 152 Å². The van der Waals surface area contributed by atoms with Gasteiger partial charge in [0.25, 0.3) is 5.91 Å². The summed E-state index contributed by atoms with van der Waals surface area (Å²) in [4.78, 5) is 30.2. The molecule has 2 amide bonds. The molecule has 5 nitrogen and oxygen atoms in total. The first kappa shape index (κ1) is 16.4. The third-order valence-electron chi connectivity index (χ3n) is 5.09. The number of nitrogens with one attached hydrogen (secondary N) is 2. The molecular weight excluding hydrogens is 326 g/mol. The van der Waals surface area contributed by atoms with Crippen LogP contribution in [0.3, 0.4) is 0 Å². The van der Waals surface area contributed by atoms with Crippen molar-refractivity contribution in [3.63, 3.8) is 0 Å². The number of amides is 2. The van der Waals surface area contributed by atoms with Gasteiger partial charge in [0.15, 0.2) is 0 Å². The smallest absolute Gasteiger partial charge is 0.251 e. The molecular formula is C21H21N3O2. The lowest BCUT2D eigenvalue weighted by Gasteiger charge is -2.37. The van der Waals surface area contributed by atoms with Crippen molar-refractivity contribution < 1.29 is 9.59 Å². The number of hydrogen-bond acceptors (Lipinski definition) is 2. The summed E-state index contributed by atoms with van der Waals surface area (Å²) in [5.41, 5.74) is 4.62. The van der Waals surface area contributed by atoms with Crippen LogP contribution in [0.2, 0.25) is 0 Å². The lowest BCUT2D eigenvalue weighted by molar-refractivity contribution is -0.147. The van der Waals surface area contributed by atoms with Gasteiger partial charge in [-0.2, -0.15) is 0 Å². The molecule has 0 aliphatic carbocycles. The number of H-pyrrole nitrogens is 1. The number of anilines is 1. The van der Waals surface area contributed by atoms with E-state index in [-0.39, 0.29) is 11.8 Å². The number of rotatable bonds is 4. The van der Waals surface area contributed by atoms with Crippen LogP contribution < -0.4 is 5.32 Å². The molecule has 1 fully saturated rings. The predicted molar refractivity (Wildman–Crippen MR) is 102 cm³/mol. The number of hydrogen-bond donors (Lipinski definition) is 2. The van der Waals surface area contributed by atoms with E-state index in [2.05, 4.69) is 10.3 Å². The SMILES string of the molecule is Cc1cccc(C)c1NC(=O)[C@@H](c1c[nH]c2ccccc12)N1CCC1=O. The molecule has 132 valence electrons. The topological polar surface area (TPSA) is 65.2 Å². The fourth-order valence-corrected chi connectivity index (χ4v) is 3.58. The lowest BCUT2D eigenvalue weighted by Crippen LogP contribution is -2.49. The van der Waals surface area contributed by atoms with E-state index in [4.69, 9.17) is 0 Å². The number of para-hydroxylation sites is 2. The lowest BCUT2D eigenvalue weighted by atomic mass is 9.99. The molecule has 4 rings (SSSR count). The van der Waals surface area contributed by atoms with E-state index in [1.165, 1.54) is 0 Å². The van der Waals surface area contributed by atoms with Crippen molar-refractivity contribution in [2.24, 2.45) is 0 Å². The van der Waals surface area contributed by atoms with Crippen molar-refractivity contribution in [3.05, 3.63) is 65.4 Å². The van der Waals surface area contributed by atoms with Gasteiger partial charge in [0.2, 0.25) is 5.91 Å². The molecule has 2 N–H and O–H groups in total. The van der Waals surface area contributed by atoms with Gasteiger partial charge in [0.1, 0.15) is 6.04 Å². The van der Waals surface area contributed by atoms with Gasteiger partial charge < -0.3 is 15.2 Å². The molecule has 1 aromatic heterocycles. The highest BCUT2D eigenvalue weighted by Gasteiger charge is 2.38. The highest BCUT2D eigenvalue weighted by molar-refractivity contribution is 6.02. The monoisotopic (exact) mass is 347 g/mol. The number of carbonyl (C=O) groups is 2. The first-order chi connectivity index (χ1) is 12.6. The van der Waals surface area contributed by atoms with Crippen molar-refractivity contribution in [2.75, 3.05) is 11.9 Å². The van der Waals surface area contributed by atoms with Crippen molar-refractivity contribution in [1.29, 1.82) is 0 Å². The van der Waals surface area contributed by atoms with Crippen LogP contribution in [0.25, 0.3) is 10.9 Å². The van der Waals surface area contributed by atoms with E-state index in [9.17, 15) is 9.59 Å². The number of aromatic amines is 1. The number of aryl methyl sites for hydroxylation is 2. The predicted octanol–water partition coefficient (Wildman–Crippen LogP) is 3.70. The molecule has 0 unspecified atom stereocenters. The van der Waals surface area contributed by atoms with Crippen molar-refractivity contribution >= 4 is 28.4 Å².